The van der Waals surface area contributed by atoms with E-state index in [9.17, 15) is 19.0 Å². The maximum atomic E-state index is 13.5. The molecule has 0 radical (unpaired) electrons. The number of unbranched alkanes of at least 4 members (excludes halogenated alkanes) is 37. The van der Waals surface area contributed by atoms with Gasteiger partial charge in [0, 0.05) is 12.8 Å². The lowest BCUT2D eigenvalue weighted by molar-refractivity contribution is -0.870. The minimum absolute atomic E-state index is 0.0197. The molecule has 0 heterocycles. The van der Waals surface area contributed by atoms with E-state index in [0.29, 0.717) is 17.4 Å². The molecule has 0 rings (SSSR count). The lowest BCUT2D eigenvalue weighted by Gasteiger charge is -2.30. The lowest BCUT2D eigenvalue weighted by atomic mass is 10.0. The zero-order chi connectivity index (χ0) is 53.6. The first-order chi connectivity index (χ1) is 35.4. The normalized spacial score (nSPS) is 13.9. The fraction of sp³-hybridized carbons (Fsp3) is 0.873. The fourth-order valence-electron chi connectivity index (χ4n) is 9.20. The van der Waals surface area contributed by atoms with E-state index in [2.05, 4.69) is 50.4 Å². The molecule has 0 bridgehead atoms. The van der Waals surface area contributed by atoms with Gasteiger partial charge in [0.1, 0.15) is 19.3 Å². The Morgan fingerprint density at radius 1 is 0.479 bits per heavy atom. The Balaban J connectivity index is 5.09. The number of phosphoric acid groups is 1. The maximum absolute atomic E-state index is 13.5. The number of rotatable bonds is 57. The zero-order valence-electron chi connectivity index (χ0n) is 49.1. The highest BCUT2D eigenvalue weighted by atomic mass is 31.2. The van der Waals surface area contributed by atoms with E-state index in [0.717, 1.165) is 64.2 Å². The van der Waals surface area contributed by atoms with Crippen molar-refractivity contribution in [1.29, 1.82) is 0 Å². The summed E-state index contributed by atoms with van der Waals surface area (Å²) in [7, 11) is 1.20. The molecule has 9 nitrogen and oxygen atoms in total. The van der Waals surface area contributed by atoms with Crippen molar-refractivity contribution in [2.75, 3.05) is 40.9 Å². The van der Waals surface area contributed by atoms with E-state index in [1.807, 2.05) is 33.3 Å². The van der Waals surface area contributed by atoms with E-state index < -0.39 is 20.0 Å². The van der Waals surface area contributed by atoms with E-state index in [-0.39, 0.29) is 31.5 Å². The average Bonchev–Trinajstić information content (AvgIpc) is 3.35. The van der Waals surface area contributed by atoms with Crippen LogP contribution in [0.2, 0.25) is 0 Å². The summed E-state index contributed by atoms with van der Waals surface area (Å²) in [5.74, 6) is -0.530. The molecule has 0 saturated heterocycles. The number of allylic oxidation sites excluding steroid dienone is 5. The van der Waals surface area contributed by atoms with Crippen molar-refractivity contribution in [3.8, 4) is 0 Å². The molecule has 10 heteroatoms. The van der Waals surface area contributed by atoms with Crippen LogP contribution in [0.4, 0.5) is 0 Å². The van der Waals surface area contributed by atoms with Crippen LogP contribution in [0.15, 0.2) is 36.5 Å². The number of nitrogens with one attached hydrogen (secondary N) is 1. The number of hydrogen-bond donors (Lipinski definition) is 1. The van der Waals surface area contributed by atoms with Gasteiger partial charge in [-0.05, 0) is 63.9 Å². The minimum atomic E-state index is -4.69. The van der Waals surface area contributed by atoms with Gasteiger partial charge < -0.3 is 28.5 Å². The van der Waals surface area contributed by atoms with E-state index in [1.54, 1.807) is 0 Å². The standard InChI is InChI=1S/C63H121N2O7P/c1-7-10-13-16-19-22-25-27-28-29-30-31-32-33-34-35-36-38-41-44-47-50-53-56-63(67)72-61(54-51-48-45-42-39-24-21-18-15-12-9-3)60(59-71-73(68,69)70-58-57-65(4,5)6)64-62(66)55-52-49-46-43-40-37-26-23-20-17-14-11-8-2/h19,22,27-28,51,54,60-61H,7-18,20-21,23-26,29-50,52-53,55-59H2,1-6H3,(H-,64,66,68,69)/b22-19-,28-27-,54-51+. The summed E-state index contributed by atoms with van der Waals surface area (Å²) in [6.07, 6.45) is 64.0. The summed E-state index contributed by atoms with van der Waals surface area (Å²) < 4.78 is 30.3. The summed E-state index contributed by atoms with van der Waals surface area (Å²) in [5.41, 5.74) is 0. The van der Waals surface area contributed by atoms with Gasteiger partial charge in [0.25, 0.3) is 7.82 Å². The molecule has 1 amide bonds. The highest BCUT2D eigenvalue weighted by Crippen LogP contribution is 2.38. The number of esters is 1. The van der Waals surface area contributed by atoms with Gasteiger partial charge in [-0.3, -0.25) is 14.2 Å². The summed E-state index contributed by atoms with van der Waals surface area (Å²) in [6, 6.07) is -0.882. The number of ether oxygens (including phenoxy) is 1. The van der Waals surface area contributed by atoms with Crippen molar-refractivity contribution in [3.05, 3.63) is 36.5 Å². The Morgan fingerprint density at radius 2 is 0.836 bits per heavy atom. The van der Waals surface area contributed by atoms with Crippen LogP contribution in [0, 0.1) is 0 Å². The van der Waals surface area contributed by atoms with E-state index in [4.69, 9.17) is 13.8 Å². The highest BCUT2D eigenvalue weighted by molar-refractivity contribution is 7.45. The van der Waals surface area contributed by atoms with Gasteiger partial charge in [-0.15, -0.1) is 0 Å². The van der Waals surface area contributed by atoms with Crippen LogP contribution in [-0.2, 0) is 27.9 Å². The second kappa shape index (κ2) is 53.6. The largest absolute Gasteiger partial charge is 0.756 e. The SMILES string of the molecule is CCCCC/C=C\C/C=C\CCCCCCCCCCCCCCCC(=O)OC(/C=C/CCCCCCCCCCC)C(COP(=O)([O-])OCC[N+](C)(C)C)NC(=O)CCCCCCCCCCCCCCC. The van der Waals surface area contributed by atoms with Crippen molar-refractivity contribution in [2.45, 2.75) is 315 Å². The third-order valence-corrected chi connectivity index (χ3v) is 15.0. The topological polar surface area (TPSA) is 114 Å². The third-order valence-electron chi connectivity index (χ3n) is 14.1. The smallest absolute Gasteiger partial charge is 0.306 e. The number of likely N-dealkylation sites (N-methyl/N-ethyl adjacent to an activating group) is 1. The number of hydrogen-bond acceptors (Lipinski definition) is 7. The molecule has 73 heavy (non-hydrogen) atoms. The molecule has 3 atom stereocenters. The van der Waals surface area contributed by atoms with Crippen molar-refractivity contribution in [3.63, 3.8) is 0 Å². The number of carbonyl (C=O) groups is 2. The van der Waals surface area contributed by atoms with Crippen molar-refractivity contribution >= 4 is 19.7 Å². The van der Waals surface area contributed by atoms with Crippen molar-refractivity contribution < 1.29 is 37.3 Å². The van der Waals surface area contributed by atoms with Crippen LogP contribution >= 0.6 is 7.82 Å². The van der Waals surface area contributed by atoms with Gasteiger partial charge in [0.05, 0.1) is 33.8 Å². The molecule has 0 aliphatic carbocycles. The van der Waals surface area contributed by atoms with Crippen molar-refractivity contribution in [1.82, 2.24) is 5.32 Å². The number of carbonyl (C=O) groups excluding carboxylic acids is 2. The minimum Gasteiger partial charge on any atom is -0.756 e. The molecule has 0 aromatic heterocycles. The van der Waals surface area contributed by atoms with Crippen LogP contribution in [0.5, 0.6) is 0 Å². The molecule has 0 aliphatic rings. The Kier molecular flexibility index (Phi) is 52.3. The predicted molar refractivity (Wildman–Crippen MR) is 312 cm³/mol. The summed E-state index contributed by atoms with van der Waals surface area (Å²) in [6.45, 7) is 6.84. The Morgan fingerprint density at radius 3 is 1.26 bits per heavy atom. The summed E-state index contributed by atoms with van der Waals surface area (Å²) >= 11 is 0. The first-order valence-corrected chi connectivity index (χ1v) is 32.8. The van der Waals surface area contributed by atoms with Crippen LogP contribution in [0.3, 0.4) is 0 Å². The highest BCUT2D eigenvalue weighted by Gasteiger charge is 2.27. The van der Waals surface area contributed by atoms with E-state index in [1.165, 1.54) is 205 Å². The van der Waals surface area contributed by atoms with Gasteiger partial charge in [-0.1, -0.05) is 263 Å². The number of quaternary nitrogens is 1. The maximum Gasteiger partial charge on any atom is 0.306 e. The average molecular weight is 1050 g/mol. The Bertz CT molecular complexity index is 1350. The van der Waals surface area contributed by atoms with Gasteiger partial charge in [-0.2, -0.15) is 0 Å². The molecular formula is C63H121N2O7P. The van der Waals surface area contributed by atoms with Gasteiger partial charge in [0.15, 0.2) is 0 Å². The van der Waals surface area contributed by atoms with E-state index >= 15 is 0 Å². The molecule has 1 N–H and O–H groups in total. The summed E-state index contributed by atoms with van der Waals surface area (Å²) in [4.78, 5) is 39.9. The van der Waals surface area contributed by atoms with Crippen LogP contribution < -0.4 is 10.2 Å². The lowest BCUT2D eigenvalue weighted by Crippen LogP contribution is -2.47. The Labute approximate surface area is 453 Å². The number of amides is 1. The number of phosphoric ester groups is 1. The second-order valence-electron chi connectivity index (χ2n) is 22.6. The molecular weight excluding hydrogens is 928 g/mol. The molecule has 0 aliphatic heterocycles. The summed E-state index contributed by atoms with van der Waals surface area (Å²) in [5, 5.41) is 3.03. The molecule has 0 saturated carbocycles. The zero-order valence-corrected chi connectivity index (χ0v) is 50.0. The number of nitrogens with zero attached hydrogens (tertiary/aromatic N) is 1. The van der Waals surface area contributed by atoms with Crippen LogP contribution in [0.1, 0.15) is 303 Å². The second-order valence-corrected chi connectivity index (χ2v) is 24.0. The fourth-order valence-corrected chi connectivity index (χ4v) is 9.92. The molecule has 430 valence electrons. The monoisotopic (exact) mass is 1050 g/mol. The van der Waals surface area contributed by atoms with Crippen LogP contribution in [-0.4, -0.2) is 69.4 Å². The third kappa shape index (κ3) is 54.8. The quantitative estimate of drug-likeness (QED) is 0.0212. The molecule has 0 aromatic rings. The van der Waals surface area contributed by atoms with Crippen molar-refractivity contribution in [2.24, 2.45) is 0 Å². The first-order valence-electron chi connectivity index (χ1n) is 31.3. The van der Waals surface area contributed by atoms with Gasteiger partial charge >= 0.3 is 5.97 Å². The molecule has 0 fully saturated rings. The molecule has 3 unspecified atom stereocenters. The van der Waals surface area contributed by atoms with Gasteiger partial charge in [-0.25, -0.2) is 0 Å². The molecule has 0 aromatic carbocycles. The van der Waals surface area contributed by atoms with Crippen LogP contribution in [0.25, 0.3) is 0 Å². The Hall–Kier alpha value is -1.77. The van der Waals surface area contributed by atoms with Gasteiger partial charge in [0.2, 0.25) is 5.91 Å². The molecule has 0 spiro atoms. The first kappa shape index (κ1) is 71.2. The predicted octanol–water partition coefficient (Wildman–Crippen LogP) is 18.5.